The van der Waals surface area contributed by atoms with Gasteiger partial charge in [-0.05, 0) is 39.0 Å². The zero-order valence-electron chi connectivity index (χ0n) is 14.9. The summed E-state index contributed by atoms with van der Waals surface area (Å²) in [7, 11) is -3.35. The molecule has 25 heavy (non-hydrogen) atoms. The van der Waals surface area contributed by atoms with Crippen LogP contribution in [-0.2, 0) is 10.2 Å². The minimum absolute atomic E-state index is 0.315. The van der Waals surface area contributed by atoms with Crippen molar-refractivity contribution in [2.24, 2.45) is 0 Å². The Labute approximate surface area is 150 Å². The zero-order valence-corrected chi connectivity index (χ0v) is 15.7. The second-order valence-electron chi connectivity index (χ2n) is 6.67. The summed E-state index contributed by atoms with van der Waals surface area (Å²) >= 11 is 0. The second-order valence-corrected chi connectivity index (χ2v) is 8.43. The number of rotatable bonds is 7. The highest BCUT2D eigenvalue weighted by molar-refractivity contribution is 7.87. The molecule has 0 unspecified atom stereocenters. The molecule has 3 heterocycles. The van der Waals surface area contributed by atoms with Gasteiger partial charge in [0.2, 0.25) is 5.95 Å². The topological polar surface area (TPSA) is 90.5 Å². The standard InChI is InChI=1S/C16H28N6O2S/c1-14-13-15(21-9-3-2-4-10-21)20-16(19-14)17-7-8-18-25(23,24)22-11-5-6-12-22/h13,18H,2-12H2,1H3,(H,17,19,20). The normalized spacial score (nSPS) is 19.3. The van der Waals surface area contributed by atoms with Gasteiger partial charge in [-0.1, -0.05) is 0 Å². The minimum Gasteiger partial charge on any atom is -0.356 e. The summed E-state index contributed by atoms with van der Waals surface area (Å²) in [6, 6.07) is 2.01. The first kappa shape index (κ1) is 18.3. The largest absolute Gasteiger partial charge is 0.356 e. The van der Waals surface area contributed by atoms with Gasteiger partial charge in [0.15, 0.2) is 0 Å². The Morgan fingerprint density at radius 2 is 1.68 bits per heavy atom. The van der Waals surface area contributed by atoms with Crippen LogP contribution in [-0.4, -0.2) is 62.0 Å². The number of aryl methyl sites for hydroxylation is 1. The van der Waals surface area contributed by atoms with E-state index in [0.717, 1.165) is 37.4 Å². The molecule has 0 amide bonds. The molecule has 0 saturated carbocycles. The SMILES string of the molecule is Cc1cc(N2CCCCC2)nc(NCCNS(=O)(=O)N2CCCC2)n1. The zero-order chi connectivity index (χ0) is 17.7. The van der Waals surface area contributed by atoms with Crippen LogP contribution in [0.5, 0.6) is 0 Å². The van der Waals surface area contributed by atoms with Gasteiger partial charge in [0.25, 0.3) is 10.2 Å². The van der Waals surface area contributed by atoms with Gasteiger partial charge >= 0.3 is 0 Å². The third-order valence-corrected chi connectivity index (χ3v) is 6.23. The van der Waals surface area contributed by atoms with Crippen molar-refractivity contribution >= 4 is 22.0 Å². The Morgan fingerprint density at radius 3 is 2.40 bits per heavy atom. The van der Waals surface area contributed by atoms with E-state index >= 15 is 0 Å². The molecule has 1 aromatic heterocycles. The number of anilines is 2. The van der Waals surface area contributed by atoms with Crippen LogP contribution in [0.2, 0.25) is 0 Å². The van der Waals surface area contributed by atoms with E-state index in [2.05, 4.69) is 24.9 Å². The lowest BCUT2D eigenvalue weighted by Gasteiger charge is -2.28. The molecule has 8 nitrogen and oxygen atoms in total. The van der Waals surface area contributed by atoms with Gasteiger partial charge in [0.1, 0.15) is 5.82 Å². The highest BCUT2D eigenvalue weighted by Crippen LogP contribution is 2.19. The molecule has 0 atom stereocenters. The quantitative estimate of drug-likeness (QED) is 0.701. The first-order valence-electron chi connectivity index (χ1n) is 9.14. The van der Waals surface area contributed by atoms with Crippen molar-refractivity contribution in [3.8, 4) is 0 Å². The number of nitrogens with one attached hydrogen (secondary N) is 2. The summed E-state index contributed by atoms with van der Waals surface area (Å²) < 4.78 is 28.4. The van der Waals surface area contributed by atoms with Crippen molar-refractivity contribution in [3.05, 3.63) is 11.8 Å². The highest BCUT2D eigenvalue weighted by Gasteiger charge is 2.24. The summed E-state index contributed by atoms with van der Waals surface area (Å²) in [5.74, 6) is 1.51. The van der Waals surface area contributed by atoms with Crippen LogP contribution in [0.4, 0.5) is 11.8 Å². The lowest BCUT2D eigenvalue weighted by molar-refractivity contribution is 0.466. The van der Waals surface area contributed by atoms with Crippen molar-refractivity contribution in [1.82, 2.24) is 19.0 Å². The molecule has 2 aliphatic heterocycles. The molecular weight excluding hydrogens is 340 g/mol. The summed E-state index contributed by atoms with van der Waals surface area (Å²) in [5, 5.41) is 3.13. The average Bonchev–Trinajstić information content (AvgIpc) is 3.15. The lowest BCUT2D eigenvalue weighted by Crippen LogP contribution is -2.40. The van der Waals surface area contributed by atoms with Crippen molar-refractivity contribution in [2.45, 2.75) is 39.0 Å². The van der Waals surface area contributed by atoms with Crippen LogP contribution in [0.1, 0.15) is 37.8 Å². The van der Waals surface area contributed by atoms with Crippen molar-refractivity contribution in [2.75, 3.05) is 49.5 Å². The Morgan fingerprint density at radius 1 is 1.00 bits per heavy atom. The fourth-order valence-corrected chi connectivity index (χ4v) is 4.57. The van der Waals surface area contributed by atoms with Crippen LogP contribution in [0.3, 0.4) is 0 Å². The molecule has 0 bridgehead atoms. The van der Waals surface area contributed by atoms with E-state index < -0.39 is 10.2 Å². The van der Waals surface area contributed by atoms with Crippen LogP contribution in [0, 0.1) is 6.92 Å². The van der Waals surface area contributed by atoms with Crippen LogP contribution >= 0.6 is 0 Å². The van der Waals surface area contributed by atoms with Crippen molar-refractivity contribution in [1.29, 1.82) is 0 Å². The van der Waals surface area contributed by atoms with Gasteiger partial charge < -0.3 is 10.2 Å². The third-order valence-electron chi connectivity index (χ3n) is 4.62. The second kappa shape index (κ2) is 8.29. The predicted molar refractivity (Wildman–Crippen MR) is 99.1 cm³/mol. The minimum atomic E-state index is -3.35. The fraction of sp³-hybridized carbons (Fsp3) is 0.750. The van der Waals surface area contributed by atoms with E-state index in [0.29, 0.717) is 32.1 Å². The molecule has 2 fully saturated rings. The van der Waals surface area contributed by atoms with Gasteiger partial charge in [0, 0.05) is 51.0 Å². The monoisotopic (exact) mass is 368 g/mol. The average molecular weight is 369 g/mol. The van der Waals surface area contributed by atoms with E-state index in [4.69, 9.17) is 0 Å². The summed E-state index contributed by atoms with van der Waals surface area (Å²) in [5.41, 5.74) is 0.913. The number of hydrogen-bond acceptors (Lipinski definition) is 6. The Kier molecular flexibility index (Phi) is 6.08. The number of hydrogen-bond donors (Lipinski definition) is 2. The van der Waals surface area contributed by atoms with E-state index in [1.165, 1.54) is 23.6 Å². The maximum absolute atomic E-state index is 12.1. The maximum Gasteiger partial charge on any atom is 0.279 e. The molecule has 0 spiro atoms. The number of aromatic nitrogens is 2. The van der Waals surface area contributed by atoms with Crippen molar-refractivity contribution < 1.29 is 8.42 Å². The van der Waals surface area contributed by atoms with Gasteiger partial charge in [-0.15, -0.1) is 0 Å². The Balaban J connectivity index is 1.51. The van der Waals surface area contributed by atoms with Gasteiger partial charge in [-0.3, -0.25) is 0 Å². The number of nitrogens with zero attached hydrogens (tertiary/aromatic N) is 4. The molecule has 2 saturated heterocycles. The summed E-state index contributed by atoms with van der Waals surface area (Å²) in [6.45, 7) is 6.02. The van der Waals surface area contributed by atoms with E-state index in [1.54, 1.807) is 0 Å². The first-order chi connectivity index (χ1) is 12.0. The van der Waals surface area contributed by atoms with E-state index in [9.17, 15) is 8.42 Å². The third kappa shape index (κ3) is 5.02. The van der Waals surface area contributed by atoms with E-state index in [-0.39, 0.29) is 0 Å². The Bertz CT molecular complexity index is 669. The highest BCUT2D eigenvalue weighted by atomic mass is 32.2. The molecule has 2 aliphatic rings. The van der Waals surface area contributed by atoms with Crippen LogP contribution < -0.4 is 14.9 Å². The summed E-state index contributed by atoms with van der Waals surface area (Å²) in [4.78, 5) is 11.3. The lowest BCUT2D eigenvalue weighted by atomic mass is 10.1. The Hall–Kier alpha value is -1.45. The molecule has 0 aromatic carbocycles. The van der Waals surface area contributed by atoms with Gasteiger partial charge in [0.05, 0.1) is 0 Å². The smallest absolute Gasteiger partial charge is 0.279 e. The molecule has 3 rings (SSSR count). The molecule has 140 valence electrons. The molecule has 0 aliphatic carbocycles. The number of piperidine rings is 1. The maximum atomic E-state index is 12.1. The fourth-order valence-electron chi connectivity index (χ4n) is 3.29. The molecule has 0 radical (unpaired) electrons. The molecule has 2 N–H and O–H groups in total. The van der Waals surface area contributed by atoms with Gasteiger partial charge in [-0.25, -0.2) is 9.71 Å². The summed E-state index contributed by atoms with van der Waals surface area (Å²) in [6.07, 6.45) is 5.56. The molecular formula is C16H28N6O2S. The first-order valence-corrected chi connectivity index (χ1v) is 10.6. The molecule has 9 heteroatoms. The molecule has 1 aromatic rings. The van der Waals surface area contributed by atoms with Crippen molar-refractivity contribution in [3.63, 3.8) is 0 Å². The van der Waals surface area contributed by atoms with E-state index in [1.807, 2.05) is 13.0 Å². The van der Waals surface area contributed by atoms with Gasteiger partial charge in [-0.2, -0.15) is 17.7 Å². The predicted octanol–water partition coefficient (Wildman–Crippen LogP) is 1.12. The van der Waals surface area contributed by atoms with Crippen LogP contribution in [0.15, 0.2) is 6.07 Å². The van der Waals surface area contributed by atoms with Crippen LogP contribution in [0.25, 0.3) is 0 Å².